The standard InChI is InChI=1S/C20H23NO3/c1-13(2)10-20(23)24-12-19(22)18-11-15(4)21(16(18)5)17-8-6-14(3)7-9-17/h6-11H,12H2,1-5H3. The van der Waals surface area contributed by atoms with E-state index in [1.54, 1.807) is 13.8 Å². The van der Waals surface area contributed by atoms with E-state index in [4.69, 9.17) is 4.74 Å². The van der Waals surface area contributed by atoms with Gasteiger partial charge in [-0.05, 0) is 52.8 Å². The average Bonchev–Trinajstić information content (AvgIpc) is 2.80. The van der Waals surface area contributed by atoms with Gasteiger partial charge in [0.2, 0.25) is 5.78 Å². The highest BCUT2D eigenvalue weighted by atomic mass is 16.5. The van der Waals surface area contributed by atoms with Crippen LogP contribution in [0, 0.1) is 20.8 Å². The number of esters is 1. The van der Waals surface area contributed by atoms with E-state index in [9.17, 15) is 9.59 Å². The third kappa shape index (κ3) is 4.02. The van der Waals surface area contributed by atoms with Gasteiger partial charge in [0, 0.05) is 28.7 Å². The van der Waals surface area contributed by atoms with E-state index in [1.165, 1.54) is 11.6 Å². The minimum atomic E-state index is -0.490. The van der Waals surface area contributed by atoms with Crippen LogP contribution < -0.4 is 0 Å². The van der Waals surface area contributed by atoms with Gasteiger partial charge in [-0.25, -0.2) is 4.79 Å². The smallest absolute Gasteiger partial charge is 0.331 e. The zero-order valence-corrected chi connectivity index (χ0v) is 14.8. The molecule has 24 heavy (non-hydrogen) atoms. The summed E-state index contributed by atoms with van der Waals surface area (Å²) >= 11 is 0. The molecule has 0 aliphatic rings. The van der Waals surface area contributed by atoms with Crippen LogP contribution in [0.1, 0.15) is 41.2 Å². The molecule has 1 heterocycles. The molecule has 0 amide bonds. The van der Waals surface area contributed by atoms with Crippen LogP contribution in [0.15, 0.2) is 42.0 Å². The Morgan fingerprint density at radius 3 is 2.29 bits per heavy atom. The molecule has 4 heteroatoms. The number of allylic oxidation sites excluding steroid dienone is 1. The van der Waals surface area contributed by atoms with Crippen molar-refractivity contribution in [1.29, 1.82) is 0 Å². The van der Waals surface area contributed by atoms with Gasteiger partial charge in [0.15, 0.2) is 6.61 Å². The Morgan fingerprint density at radius 2 is 1.71 bits per heavy atom. The molecule has 0 aliphatic heterocycles. The van der Waals surface area contributed by atoms with Crippen molar-refractivity contribution in [3.05, 3.63) is 64.5 Å². The summed E-state index contributed by atoms with van der Waals surface area (Å²) in [6.07, 6.45) is 1.38. The number of aryl methyl sites for hydroxylation is 2. The molecule has 1 aromatic carbocycles. The average molecular weight is 325 g/mol. The molecule has 0 radical (unpaired) electrons. The van der Waals surface area contributed by atoms with Gasteiger partial charge < -0.3 is 9.30 Å². The highest BCUT2D eigenvalue weighted by Gasteiger charge is 2.17. The summed E-state index contributed by atoms with van der Waals surface area (Å²) in [4.78, 5) is 23.9. The van der Waals surface area contributed by atoms with Gasteiger partial charge in [0.05, 0.1) is 0 Å². The van der Waals surface area contributed by atoms with Gasteiger partial charge in [-0.2, -0.15) is 0 Å². The molecule has 0 saturated carbocycles. The van der Waals surface area contributed by atoms with Gasteiger partial charge in [0.1, 0.15) is 0 Å². The van der Waals surface area contributed by atoms with Crippen molar-refractivity contribution in [3.63, 3.8) is 0 Å². The topological polar surface area (TPSA) is 48.3 Å². The molecule has 0 N–H and O–H groups in total. The number of hydrogen-bond acceptors (Lipinski definition) is 3. The van der Waals surface area contributed by atoms with Crippen LogP contribution in [0.3, 0.4) is 0 Å². The molecule has 0 unspecified atom stereocenters. The van der Waals surface area contributed by atoms with Gasteiger partial charge in [-0.3, -0.25) is 4.79 Å². The highest BCUT2D eigenvalue weighted by molar-refractivity contribution is 6.00. The predicted molar refractivity (Wildman–Crippen MR) is 94.7 cm³/mol. The first-order valence-electron chi connectivity index (χ1n) is 7.90. The molecule has 0 saturated heterocycles. The molecule has 126 valence electrons. The Balaban J connectivity index is 2.22. The first kappa shape index (κ1) is 17.7. The lowest BCUT2D eigenvalue weighted by Crippen LogP contribution is -2.13. The van der Waals surface area contributed by atoms with Gasteiger partial charge in [0.25, 0.3) is 0 Å². The fraction of sp³-hybridized carbons (Fsp3) is 0.300. The monoisotopic (exact) mass is 325 g/mol. The molecule has 4 nitrogen and oxygen atoms in total. The van der Waals surface area contributed by atoms with E-state index in [-0.39, 0.29) is 12.4 Å². The second-order valence-electron chi connectivity index (χ2n) is 6.21. The summed E-state index contributed by atoms with van der Waals surface area (Å²) in [5, 5.41) is 0. The number of Topliss-reactive ketones (excluding diaryl/α,β-unsaturated/α-hetero) is 1. The Bertz CT molecular complexity index is 791. The van der Waals surface area contributed by atoms with Crippen molar-refractivity contribution in [3.8, 4) is 5.69 Å². The Labute approximate surface area is 142 Å². The minimum Gasteiger partial charge on any atom is -0.454 e. The number of benzene rings is 1. The largest absolute Gasteiger partial charge is 0.454 e. The Hall–Kier alpha value is -2.62. The van der Waals surface area contributed by atoms with Crippen LogP contribution >= 0.6 is 0 Å². The Kier molecular flexibility index (Phi) is 5.39. The fourth-order valence-corrected chi connectivity index (χ4v) is 2.63. The number of ketones is 1. The van der Waals surface area contributed by atoms with Crippen molar-refractivity contribution < 1.29 is 14.3 Å². The molecule has 0 spiro atoms. The summed E-state index contributed by atoms with van der Waals surface area (Å²) < 4.78 is 7.05. The number of hydrogen-bond donors (Lipinski definition) is 0. The number of carbonyl (C=O) groups is 2. The van der Waals surface area contributed by atoms with Crippen molar-refractivity contribution in [2.75, 3.05) is 6.61 Å². The van der Waals surface area contributed by atoms with E-state index in [0.29, 0.717) is 5.56 Å². The van der Waals surface area contributed by atoms with Crippen molar-refractivity contribution in [2.24, 2.45) is 0 Å². The van der Waals surface area contributed by atoms with Gasteiger partial charge >= 0.3 is 5.97 Å². The lowest BCUT2D eigenvalue weighted by molar-refractivity contribution is -0.136. The number of aromatic nitrogens is 1. The predicted octanol–water partition coefficient (Wildman–Crippen LogP) is 4.09. The number of nitrogens with zero attached hydrogens (tertiary/aromatic N) is 1. The minimum absolute atomic E-state index is 0.197. The summed E-state index contributed by atoms with van der Waals surface area (Å²) in [5.41, 5.74) is 5.43. The zero-order chi connectivity index (χ0) is 17.9. The van der Waals surface area contributed by atoms with Crippen molar-refractivity contribution >= 4 is 11.8 Å². The first-order valence-corrected chi connectivity index (χ1v) is 7.90. The second-order valence-corrected chi connectivity index (χ2v) is 6.21. The number of carbonyl (C=O) groups excluding carboxylic acids is 2. The normalized spacial score (nSPS) is 10.4. The van der Waals surface area contributed by atoms with Gasteiger partial charge in [-0.1, -0.05) is 23.3 Å². The van der Waals surface area contributed by atoms with E-state index >= 15 is 0 Å². The molecule has 0 aliphatic carbocycles. The molecule has 2 aromatic rings. The summed E-state index contributed by atoms with van der Waals surface area (Å²) in [6, 6.07) is 9.97. The van der Waals surface area contributed by atoms with Crippen molar-refractivity contribution in [2.45, 2.75) is 34.6 Å². The van der Waals surface area contributed by atoms with Crippen LogP contribution in [-0.2, 0) is 9.53 Å². The second kappa shape index (κ2) is 7.30. The maximum Gasteiger partial charge on any atom is 0.331 e. The van der Waals surface area contributed by atoms with E-state index in [2.05, 4.69) is 0 Å². The van der Waals surface area contributed by atoms with E-state index in [1.807, 2.05) is 55.7 Å². The third-order valence-corrected chi connectivity index (χ3v) is 3.78. The van der Waals surface area contributed by atoms with Crippen LogP contribution in [0.2, 0.25) is 0 Å². The summed E-state index contributed by atoms with van der Waals surface area (Å²) in [5.74, 6) is -0.687. The first-order chi connectivity index (χ1) is 11.3. The lowest BCUT2D eigenvalue weighted by Gasteiger charge is -2.10. The van der Waals surface area contributed by atoms with Crippen molar-refractivity contribution in [1.82, 2.24) is 4.57 Å². The zero-order valence-electron chi connectivity index (χ0n) is 14.8. The third-order valence-electron chi connectivity index (χ3n) is 3.78. The molecule has 0 fully saturated rings. The quantitative estimate of drug-likeness (QED) is 0.472. The molecule has 1 aromatic heterocycles. The van der Waals surface area contributed by atoms with Crippen LogP contribution in [0.5, 0.6) is 0 Å². The van der Waals surface area contributed by atoms with Crippen LogP contribution in [0.4, 0.5) is 0 Å². The Morgan fingerprint density at radius 1 is 1.08 bits per heavy atom. The molecule has 0 atom stereocenters. The van der Waals surface area contributed by atoms with E-state index < -0.39 is 5.97 Å². The molecular weight excluding hydrogens is 302 g/mol. The molecule has 0 bridgehead atoms. The SMILES string of the molecule is CC(C)=CC(=O)OCC(=O)c1cc(C)n(-c2ccc(C)cc2)c1C. The highest BCUT2D eigenvalue weighted by Crippen LogP contribution is 2.21. The summed E-state index contributed by atoms with van der Waals surface area (Å²) in [6.45, 7) is 9.25. The maximum atomic E-state index is 12.4. The van der Waals surface area contributed by atoms with Crippen LogP contribution in [-0.4, -0.2) is 22.9 Å². The maximum absolute atomic E-state index is 12.4. The fourth-order valence-electron chi connectivity index (χ4n) is 2.63. The van der Waals surface area contributed by atoms with Gasteiger partial charge in [-0.15, -0.1) is 0 Å². The van der Waals surface area contributed by atoms with Crippen LogP contribution in [0.25, 0.3) is 5.69 Å². The number of rotatable bonds is 5. The molecule has 2 rings (SSSR count). The van der Waals surface area contributed by atoms with E-state index in [0.717, 1.165) is 22.6 Å². The molecular formula is C20H23NO3. The number of ether oxygens (including phenoxy) is 1. The summed E-state index contributed by atoms with van der Waals surface area (Å²) in [7, 11) is 0. The lowest BCUT2D eigenvalue weighted by atomic mass is 10.1.